The number of rotatable bonds is 2. The minimum Gasteiger partial charge on any atom is -0.383 e. The largest absolute Gasteiger partial charge is 0.383 e. The molecule has 7 heteroatoms. The Balaban J connectivity index is 2.27. The molecule has 0 spiro atoms. The zero-order valence-electron chi connectivity index (χ0n) is 8.36. The van der Waals surface area contributed by atoms with Crippen molar-refractivity contribution in [2.45, 2.75) is 6.42 Å². The smallest absolute Gasteiger partial charge is 0.235 e. The normalized spacial score (nSPS) is 20.5. The van der Waals surface area contributed by atoms with Crippen molar-refractivity contribution in [2.75, 3.05) is 23.1 Å². The van der Waals surface area contributed by atoms with Crippen LogP contribution in [-0.4, -0.2) is 28.3 Å². The summed E-state index contributed by atoms with van der Waals surface area (Å²) in [6.07, 6.45) is 0.416. The van der Waals surface area contributed by atoms with Crippen molar-refractivity contribution >= 4 is 40.9 Å². The number of nitrogens with two attached hydrogens (primary N) is 1. The van der Waals surface area contributed by atoms with Crippen molar-refractivity contribution in [1.29, 1.82) is 0 Å². The first-order valence-electron chi connectivity index (χ1n) is 4.76. The summed E-state index contributed by atoms with van der Waals surface area (Å²) in [5.41, 5.74) is 5.54. The van der Waals surface area contributed by atoms with E-state index in [0.29, 0.717) is 18.8 Å². The molecule has 1 aromatic heterocycles. The Bertz CT molecular complexity index is 406. The van der Waals surface area contributed by atoms with Crippen molar-refractivity contribution in [3.63, 3.8) is 0 Å². The number of hydrogen-bond acceptors (Lipinski definition) is 4. The third-order valence-corrected chi connectivity index (χ3v) is 3.00. The molecule has 0 saturated carbocycles. The SMILES string of the molecule is Nc1cc(Cl)nc(N2CC(CCl)CC2=O)n1. The Kier molecular flexibility index (Phi) is 3.16. The maximum Gasteiger partial charge on any atom is 0.235 e. The topological polar surface area (TPSA) is 72.1 Å². The average Bonchev–Trinajstić information content (AvgIpc) is 2.58. The summed E-state index contributed by atoms with van der Waals surface area (Å²) in [4.78, 5) is 21.1. The lowest BCUT2D eigenvalue weighted by atomic mass is 10.2. The summed E-state index contributed by atoms with van der Waals surface area (Å²) in [7, 11) is 0. The van der Waals surface area contributed by atoms with Crippen LogP contribution in [0.5, 0.6) is 0 Å². The van der Waals surface area contributed by atoms with Crippen LogP contribution in [0.1, 0.15) is 6.42 Å². The van der Waals surface area contributed by atoms with E-state index in [-0.39, 0.29) is 28.7 Å². The molecule has 86 valence electrons. The first-order chi connectivity index (χ1) is 7.60. The van der Waals surface area contributed by atoms with E-state index in [1.54, 1.807) is 0 Å². The van der Waals surface area contributed by atoms with Crippen LogP contribution < -0.4 is 10.6 Å². The van der Waals surface area contributed by atoms with Crippen LogP contribution in [0.25, 0.3) is 0 Å². The Labute approximate surface area is 103 Å². The van der Waals surface area contributed by atoms with Crippen LogP contribution in [0.15, 0.2) is 6.07 Å². The van der Waals surface area contributed by atoms with E-state index in [1.165, 1.54) is 11.0 Å². The van der Waals surface area contributed by atoms with Crippen LogP contribution in [0, 0.1) is 5.92 Å². The van der Waals surface area contributed by atoms with Gasteiger partial charge >= 0.3 is 0 Å². The zero-order chi connectivity index (χ0) is 11.7. The van der Waals surface area contributed by atoms with Crippen molar-refractivity contribution in [3.05, 3.63) is 11.2 Å². The average molecular weight is 261 g/mol. The molecule has 1 saturated heterocycles. The summed E-state index contributed by atoms with van der Waals surface area (Å²) < 4.78 is 0. The molecule has 16 heavy (non-hydrogen) atoms. The number of anilines is 2. The van der Waals surface area contributed by atoms with Crippen LogP contribution in [0.3, 0.4) is 0 Å². The second kappa shape index (κ2) is 4.43. The van der Waals surface area contributed by atoms with E-state index < -0.39 is 0 Å². The summed E-state index contributed by atoms with van der Waals surface area (Å²) in [6, 6.07) is 1.44. The van der Waals surface area contributed by atoms with E-state index in [9.17, 15) is 4.79 Å². The van der Waals surface area contributed by atoms with Gasteiger partial charge in [0, 0.05) is 24.9 Å². The number of nitrogens with zero attached hydrogens (tertiary/aromatic N) is 3. The van der Waals surface area contributed by atoms with Gasteiger partial charge in [0.2, 0.25) is 11.9 Å². The summed E-state index contributed by atoms with van der Waals surface area (Å²) in [6.45, 7) is 0.516. The minimum atomic E-state index is -0.0488. The molecule has 1 aliphatic heterocycles. The lowest BCUT2D eigenvalue weighted by Gasteiger charge is -2.14. The van der Waals surface area contributed by atoms with Crippen LogP contribution in [0.2, 0.25) is 5.15 Å². The third kappa shape index (κ3) is 2.20. The maximum absolute atomic E-state index is 11.7. The predicted octanol–water partition coefficient (Wildman–Crippen LogP) is 1.30. The monoisotopic (exact) mass is 260 g/mol. The molecule has 1 fully saturated rings. The second-order valence-corrected chi connectivity index (χ2v) is 4.34. The molecule has 1 unspecified atom stereocenters. The van der Waals surface area contributed by atoms with Gasteiger partial charge in [-0.3, -0.25) is 9.69 Å². The molecule has 0 radical (unpaired) electrons. The highest BCUT2D eigenvalue weighted by Crippen LogP contribution is 2.24. The molecule has 0 aromatic carbocycles. The van der Waals surface area contributed by atoms with Crippen LogP contribution in [0.4, 0.5) is 11.8 Å². The van der Waals surface area contributed by atoms with Gasteiger partial charge in [0.15, 0.2) is 0 Å². The molecule has 1 amide bonds. The van der Waals surface area contributed by atoms with E-state index in [4.69, 9.17) is 28.9 Å². The van der Waals surface area contributed by atoms with Crippen molar-refractivity contribution < 1.29 is 4.79 Å². The Morgan fingerprint density at radius 3 is 2.88 bits per heavy atom. The van der Waals surface area contributed by atoms with Crippen molar-refractivity contribution in [3.8, 4) is 0 Å². The number of hydrogen-bond donors (Lipinski definition) is 1. The molecule has 2 rings (SSSR count). The Hall–Kier alpha value is -1.07. The third-order valence-electron chi connectivity index (χ3n) is 2.37. The lowest BCUT2D eigenvalue weighted by Crippen LogP contribution is -2.27. The minimum absolute atomic E-state index is 0.0488. The van der Waals surface area contributed by atoms with Crippen molar-refractivity contribution in [2.24, 2.45) is 5.92 Å². The van der Waals surface area contributed by atoms with Gasteiger partial charge in [-0.05, 0) is 5.92 Å². The molecule has 1 aliphatic rings. The van der Waals surface area contributed by atoms with Gasteiger partial charge < -0.3 is 5.73 Å². The van der Waals surface area contributed by atoms with Gasteiger partial charge in [-0.15, -0.1) is 11.6 Å². The van der Waals surface area contributed by atoms with Crippen LogP contribution in [-0.2, 0) is 4.79 Å². The van der Waals surface area contributed by atoms with E-state index in [1.807, 2.05) is 0 Å². The molecule has 0 aliphatic carbocycles. The highest BCUT2D eigenvalue weighted by molar-refractivity contribution is 6.29. The van der Waals surface area contributed by atoms with Gasteiger partial charge in [-0.2, -0.15) is 4.98 Å². The molecular weight excluding hydrogens is 251 g/mol. The number of alkyl halides is 1. The van der Waals surface area contributed by atoms with E-state index >= 15 is 0 Å². The van der Waals surface area contributed by atoms with Crippen molar-refractivity contribution in [1.82, 2.24) is 9.97 Å². The number of halogens is 2. The van der Waals surface area contributed by atoms with Gasteiger partial charge in [0.25, 0.3) is 0 Å². The van der Waals surface area contributed by atoms with E-state index in [2.05, 4.69) is 9.97 Å². The fourth-order valence-corrected chi connectivity index (χ4v) is 2.02. The summed E-state index contributed by atoms with van der Waals surface area (Å²) in [5, 5.41) is 0.227. The standard InChI is InChI=1S/C9H10Cl2N4O/c10-3-5-1-8(16)15(4-5)9-13-6(11)2-7(12)14-9/h2,5H,1,3-4H2,(H2,12,13,14). The van der Waals surface area contributed by atoms with Gasteiger partial charge in [0.05, 0.1) is 0 Å². The molecule has 1 aromatic rings. The highest BCUT2D eigenvalue weighted by atomic mass is 35.5. The fraction of sp³-hybridized carbons (Fsp3) is 0.444. The molecule has 2 heterocycles. The van der Waals surface area contributed by atoms with Gasteiger partial charge in [-0.1, -0.05) is 11.6 Å². The lowest BCUT2D eigenvalue weighted by molar-refractivity contribution is -0.117. The molecule has 2 N–H and O–H groups in total. The van der Waals surface area contributed by atoms with E-state index in [0.717, 1.165) is 0 Å². The Morgan fingerprint density at radius 1 is 1.56 bits per heavy atom. The molecule has 1 atom stereocenters. The second-order valence-electron chi connectivity index (χ2n) is 3.64. The fourth-order valence-electron chi connectivity index (χ4n) is 1.62. The highest BCUT2D eigenvalue weighted by Gasteiger charge is 2.31. The molecule has 5 nitrogen and oxygen atoms in total. The number of carbonyl (C=O) groups excluding carboxylic acids is 1. The number of nitrogen functional groups attached to an aromatic ring is 1. The first kappa shape index (κ1) is 11.4. The quantitative estimate of drug-likeness (QED) is 0.643. The van der Waals surface area contributed by atoms with Gasteiger partial charge in [0.1, 0.15) is 11.0 Å². The first-order valence-corrected chi connectivity index (χ1v) is 5.68. The molecule has 0 bridgehead atoms. The number of aromatic nitrogens is 2. The van der Waals surface area contributed by atoms with Gasteiger partial charge in [-0.25, -0.2) is 4.98 Å². The van der Waals surface area contributed by atoms with Crippen LogP contribution >= 0.6 is 23.2 Å². The Morgan fingerprint density at radius 2 is 2.31 bits per heavy atom. The maximum atomic E-state index is 11.7. The predicted molar refractivity (Wildman–Crippen MR) is 62.6 cm³/mol. The zero-order valence-corrected chi connectivity index (χ0v) is 9.87. The summed E-state index contributed by atoms with van der Waals surface area (Å²) >= 11 is 11.5. The molecular formula is C9H10Cl2N4O. The number of carbonyl (C=O) groups is 1. The number of amides is 1. The summed E-state index contributed by atoms with van der Waals surface area (Å²) in [5.74, 6) is 1.03.